The van der Waals surface area contributed by atoms with Crippen LogP contribution < -0.4 is 4.74 Å². The van der Waals surface area contributed by atoms with Gasteiger partial charge in [-0.1, -0.05) is 23.8 Å². The number of ether oxygens (including phenoxy) is 1. The summed E-state index contributed by atoms with van der Waals surface area (Å²) in [5.74, 6) is 1.36. The normalized spacial score (nSPS) is 12.1. The van der Waals surface area contributed by atoms with Crippen molar-refractivity contribution in [1.29, 1.82) is 0 Å². The molecule has 4 heteroatoms. The summed E-state index contributed by atoms with van der Waals surface area (Å²) in [7, 11) is 0. The van der Waals surface area contributed by atoms with Crippen molar-refractivity contribution < 1.29 is 9.84 Å². The molecule has 0 spiro atoms. The molecule has 0 aliphatic carbocycles. The van der Waals surface area contributed by atoms with E-state index in [4.69, 9.17) is 4.74 Å². The van der Waals surface area contributed by atoms with Crippen molar-refractivity contribution in [2.75, 3.05) is 12.4 Å². The zero-order valence-corrected chi connectivity index (χ0v) is 11.6. The molecule has 0 fully saturated rings. The summed E-state index contributed by atoms with van der Waals surface area (Å²) in [6, 6.07) is 13.5. The minimum atomic E-state index is -0.506. The Morgan fingerprint density at radius 2 is 2.00 bits per heavy atom. The average molecular weight is 275 g/mol. The molecule has 19 heavy (non-hydrogen) atoms. The van der Waals surface area contributed by atoms with E-state index in [9.17, 15) is 5.11 Å². The highest BCUT2D eigenvalue weighted by Crippen LogP contribution is 2.16. The second-order valence-electron chi connectivity index (χ2n) is 4.26. The van der Waals surface area contributed by atoms with Gasteiger partial charge < -0.3 is 9.84 Å². The van der Waals surface area contributed by atoms with Gasteiger partial charge in [-0.15, -0.1) is 11.8 Å². The van der Waals surface area contributed by atoms with E-state index in [0.717, 1.165) is 10.8 Å². The van der Waals surface area contributed by atoms with Crippen molar-refractivity contribution in [3.8, 4) is 5.75 Å². The van der Waals surface area contributed by atoms with Gasteiger partial charge in [0.25, 0.3) is 0 Å². The summed E-state index contributed by atoms with van der Waals surface area (Å²) in [5.41, 5.74) is 1.19. The van der Waals surface area contributed by atoms with Crippen molar-refractivity contribution in [2.45, 2.75) is 18.1 Å². The van der Waals surface area contributed by atoms with Crippen LogP contribution in [0.25, 0.3) is 0 Å². The largest absolute Gasteiger partial charge is 0.491 e. The molecule has 3 nitrogen and oxygen atoms in total. The lowest BCUT2D eigenvalue weighted by Crippen LogP contribution is -2.20. The highest BCUT2D eigenvalue weighted by Gasteiger charge is 2.06. The molecular weight excluding hydrogens is 258 g/mol. The predicted octanol–water partition coefficient (Wildman–Crippen LogP) is 2.92. The van der Waals surface area contributed by atoms with E-state index < -0.39 is 6.10 Å². The van der Waals surface area contributed by atoms with Crippen LogP contribution in [-0.4, -0.2) is 28.6 Å². The third-order valence-electron chi connectivity index (χ3n) is 2.52. The fourth-order valence-corrected chi connectivity index (χ4v) is 2.26. The number of benzene rings is 1. The molecule has 0 radical (unpaired) electrons. The van der Waals surface area contributed by atoms with E-state index in [1.54, 1.807) is 6.20 Å². The topological polar surface area (TPSA) is 42.4 Å². The maximum absolute atomic E-state index is 9.85. The van der Waals surface area contributed by atoms with Crippen LogP contribution in [0.15, 0.2) is 53.7 Å². The van der Waals surface area contributed by atoms with Gasteiger partial charge in [-0.2, -0.15) is 0 Å². The summed E-state index contributed by atoms with van der Waals surface area (Å²) < 4.78 is 5.53. The smallest absolute Gasteiger partial charge is 0.119 e. The molecule has 0 unspecified atom stereocenters. The molecule has 2 aromatic rings. The Bertz CT molecular complexity index is 487. The van der Waals surface area contributed by atoms with Crippen molar-refractivity contribution in [2.24, 2.45) is 0 Å². The first kappa shape index (κ1) is 13.9. The van der Waals surface area contributed by atoms with Crippen molar-refractivity contribution in [3.05, 3.63) is 54.2 Å². The highest BCUT2D eigenvalue weighted by molar-refractivity contribution is 7.99. The van der Waals surface area contributed by atoms with Gasteiger partial charge in [0.1, 0.15) is 12.4 Å². The number of aryl methyl sites for hydroxylation is 1. The van der Waals surface area contributed by atoms with E-state index in [2.05, 4.69) is 4.98 Å². The third-order valence-corrected chi connectivity index (χ3v) is 3.61. The first-order valence-corrected chi connectivity index (χ1v) is 7.14. The van der Waals surface area contributed by atoms with Crippen LogP contribution in [0, 0.1) is 6.92 Å². The summed E-state index contributed by atoms with van der Waals surface area (Å²) in [6.07, 6.45) is 1.24. The molecule has 1 N–H and O–H groups in total. The average Bonchev–Trinajstić information content (AvgIpc) is 2.45. The van der Waals surface area contributed by atoms with Gasteiger partial charge in [0.15, 0.2) is 0 Å². The molecule has 2 rings (SSSR count). The SMILES string of the molecule is Cc1ccc(OC[C@@H](O)CSc2ccccn2)cc1. The number of pyridine rings is 1. The Kier molecular flexibility index (Phi) is 5.24. The van der Waals surface area contributed by atoms with Crippen molar-refractivity contribution in [1.82, 2.24) is 4.98 Å². The second-order valence-corrected chi connectivity index (χ2v) is 5.30. The van der Waals surface area contributed by atoms with Crippen LogP contribution in [0.2, 0.25) is 0 Å². The Morgan fingerprint density at radius 3 is 2.68 bits per heavy atom. The van der Waals surface area contributed by atoms with Gasteiger partial charge in [-0.3, -0.25) is 0 Å². The number of hydrogen-bond donors (Lipinski definition) is 1. The first-order chi connectivity index (χ1) is 9.24. The van der Waals surface area contributed by atoms with E-state index in [1.807, 2.05) is 49.4 Å². The minimum Gasteiger partial charge on any atom is -0.491 e. The van der Waals surface area contributed by atoms with Gasteiger partial charge in [0, 0.05) is 11.9 Å². The number of aromatic nitrogens is 1. The molecule has 1 aromatic heterocycles. The standard InChI is InChI=1S/C15H17NO2S/c1-12-5-7-14(8-6-12)18-10-13(17)11-19-15-4-2-3-9-16-15/h2-9,13,17H,10-11H2,1H3/t13-/m1/s1. The minimum absolute atomic E-state index is 0.295. The number of aliphatic hydroxyl groups excluding tert-OH is 1. The van der Waals surface area contributed by atoms with E-state index in [1.165, 1.54) is 17.3 Å². The van der Waals surface area contributed by atoms with Gasteiger partial charge >= 0.3 is 0 Å². The van der Waals surface area contributed by atoms with E-state index in [0.29, 0.717) is 12.4 Å². The zero-order valence-electron chi connectivity index (χ0n) is 10.8. The molecule has 1 atom stereocenters. The molecule has 0 aliphatic heterocycles. The third kappa shape index (κ3) is 4.93. The second kappa shape index (κ2) is 7.16. The molecular formula is C15H17NO2S. The number of aliphatic hydroxyl groups is 1. The Balaban J connectivity index is 1.72. The summed E-state index contributed by atoms with van der Waals surface area (Å²) in [5, 5.41) is 10.8. The van der Waals surface area contributed by atoms with Gasteiger partial charge in [0.05, 0.1) is 11.1 Å². The first-order valence-electron chi connectivity index (χ1n) is 6.15. The van der Waals surface area contributed by atoms with Gasteiger partial charge in [0.2, 0.25) is 0 Å². The molecule has 0 saturated heterocycles. The lowest BCUT2D eigenvalue weighted by molar-refractivity contribution is 0.126. The van der Waals surface area contributed by atoms with Gasteiger partial charge in [-0.05, 0) is 31.2 Å². The highest BCUT2D eigenvalue weighted by atomic mass is 32.2. The van der Waals surface area contributed by atoms with Crippen LogP contribution in [0.4, 0.5) is 0 Å². The molecule has 0 aliphatic rings. The molecule has 1 aromatic carbocycles. The fraction of sp³-hybridized carbons (Fsp3) is 0.267. The Hall–Kier alpha value is -1.52. The van der Waals surface area contributed by atoms with Crippen LogP contribution in [0.3, 0.4) is 0 Å². The number of hydrogen-bond acceptors (Lipinski definition) is 4. The zero-order chi connectivity index (χ0) is 13.5. The number of thioether (sulfide) groups is 1. The van der Waals surface area contributed by atoms with E-state index >= 15 is 0 Å². The quantitative estimate of drug-likeness (QED) is 0.823. The molecule has 0 bridgehead atoms. The summed E-state index contributed by atoms with van der Waals surface area (Å²) >= 11 is 1.53. The Morgan fingerprint density at radius 1 is 1.21 bits per heavy atom. The van der Waals surface area contributed by atoms with Crippen molar-refractivity contribution >= 4 is 11.8 Å². The van der Waals surface area contributed by atoms with E-state index in [-0.39, 0.29) is 0 Å². The predicted molar refractivity (Wildman–Crippen MR) is 77.6 cm³/mol. The van der Waals surface area contributed by atoms with Crippen LogP contribution in [-0.2, 0) is 0 Å². The maximum atomic E-state index is 9.85. The van der Waals surface area contributed by atoms with Gasteiger partial charge in [-0.25, -0.2) is 4.98 Å². The lowest BCUT2D eigenvalue weighted by Gasteiger charge is -2.12. The fourth-order valence-electron chi connectivity index (χ4n) is 1.49. The lowest BCUT2D eigenvalue weighted by atomic mass is 10.2. The summed E-state index contributed by atoms with van der Waals surface area (Å²) in [6.45, 7) is 2.32. The molecule has 0 amide bonds. The number of nitrogens with zero attached hydrogens (tertiary/aromatic N) is 1. The Labute approximate surface area is 117 Å². The van der Waals surface area contributed by atoms with Crippen LogP contribution in [0.1, 0.15) is 5.56 Å². The van der Waals surface area contributed by atoms with Crippen molar-refractivity contribution in [3.63, 3.8) is 0 Å². The monoisotopic (exact) mass is 275 g/mol. The number of rotatable bonds is 6. The molecule has 100 valence electrons. The van der Waals surface area contributed by atoms with Crippen LogP contribution >= 0.6 is 11.8 Å². The maximum Gasteiger partial charge on any atom is 0.119 e. The molecule has 1 heterocycles. The summed E-state index contributed by atoms with van der Waals surface area (Å²) in [4.78, 5) is 4.19. The molecule has 0 saturated carbocycles. The van der Waals surface area contributed by atoms with Crippen LogP contribution in [0.5, 0.6) is 5.75 Å².